The van der Waals surface area contributed by atoms with E-state index >= 15 is 0 Å². The van der Waals surface area contributed by atoms with E-state index in [0.717, 1.165) is 5.56 Å². The average molecular weight is 309 g/mol. The SMILES string of the molecule is COc1cnn(C(C)C)c1C(C)(O)Cc1ccc(Cl)cc1. The highest BCUT2D eigenvalue weighted by Gasteiger charge is 2.32. The number of methoxy groups -OCH3 is 1. The van der Waals surface area contributed by atoms with Gasteiger partial charge in [0, 0.05) is 17.5 Å². The summed E-state index contributed by atoms with van der Waals surface area (Å²) in [7, 11) is 1.59. The van der Waals surface area contributed by atoms with Crippen molar-refractivity contribution >= 4 is 11.6 Å². The zero-order valence-corrected chi connectivity index (χ0v) is 13.6. The Labute approximate surface area is 130 Å². The number of rotatable bonds is 5. The minimum atomic E-state index is -1.08. The van der Waals surface area contributed by atoms with Gasteiger partial charge < -0.3 is 9.84 Å². The molecule has 0 saturated carbocycles. The summed E-state index contributed by atoms with van der Waals surface area (Å²) < 4.78 is 7.16. The summed E-state index contributed by atoms with van der Waals surface area (Å²) in [4.78, 5) is 0. The highest BCUT2D eigenvalue weighted by Crippen LogP contribution is 2.34. The Hall–Kier alpha value is -1.52. The average Bonchev–Trinajstić information content (AvgIpc) is 2.86. The Bertz CT molecular complexity index is 603. The number of aromatic nitrogens is 2. The van der Waals surface area contributed by atoms with Crippen LogP contribution in [0, 0.1) is 0 Å². The molecule has 1 aromatic carbocycles. The number of halogens is 1. The van der Waals surface area contributed by atoms with Crippen molar-refractivity contribution in [1.29, 1.82) is 0 Å². The molecule has 1 atom stereocenters. The molecule has 114 valence electrons. The maximum atomic E-state index is 11.0. The summed E-state index contributed by atoms with van der Waals surface area (Å²) in [5.74, 6) is 0.600. The van der Waals surface area contributed by atoms with Crippen molar-refractivity contribution in [1.82, 2.24) is 9.78 Å². The fourth-order valence-corrected chi connectivity index (χ4v) is 2.61. The van der Waals surface area contributed by atoms with Crippen LogP contribution in [0.2, 0.25) is 5.02 Å². The van der Waals surface area contributed by atoms with Crippen molar-refractivity contribution in [2.24, 2.45) is 0 Å². The second kappa shape index (κ2) is 6.08. The Morgan fingerprint density at radius 1 is 1.33 bits per heavy atom. The largest absolute Gasteiger partial charge is 0.493 e. The molecule has 0 aliphatic carbocycles. The summed E-state index contributed by atoms with van der Waals surface area (Å²) in [6, 6.07) is 7.62. The van der Waals surface area contributed by atoms with Crippen molar-refractivity contribution in [2.75, 3.05) is 7.11 Å². The van der Waals surface area contributed by atoms with E-state index in [9.17, 15) is 5.11 Å². The van der Waals surface area contributed by atoms with Crippen molar-refractivity contribution in [2.45, 2.75) is 38.8 Å². The van der Waals surface area contributed by atoms with Gasteiger partial charge in [-0.3, -0.25) is 4.68 Å². The van der Waals surface area contributed by atoms with Crippen LogP contribution in [0.1, 0.15) is 38.1 Å². The molecule has 0 spiro atoms. The third-order valence-electron chi connectivity index (χ3n) is 3.44. The normalized spacial score (nSPS) is 14.2. The number of benzene rings is 1. The van der Waals surface area contributed by atoms with Crippen molar-refractivity contribution in [3.05, 3.63) is 46.7 Å². The summed E-state index contributed by atoms with van der Waals surface area (Å²) in [5.41, 5.74) is 0.609. The summed E-state index contributed by atoms with van der Waals surface area (Å²) in [6.45, 7) is 5.82. The van der Waals surface area contributed by atoms with Gasteiger partial charge in [-0.05, 0) is 38.5 Å². The molecule has 0 aliphatic heterocycles. The molecule has 0 amide bonds. The maximum Gasteiger partial charge on any atom is 0.162 e. The van der Waals surface area contributed by atoms with E-state index in [-0.39, 0.29) is 6.04 Å². The summed E-state index contributed by atoms with van der Waals surface area (Å²) >= 11 is 5.90. The molecule has 2 aromatic rings. The van der Waals surface area contributed by atoms with E-state index in [0.29, 0.717) is 22.9 Å². The predicted molar refractivity (Wildman–Crippen MR) is 83.9 cm³/mol. The van der Waals surface area contributed by atoms with Crippen molar-refractivity contribution < 1.29 is 9.84 Å². The second-order valence-corrected chi connectivity index (χ2v) is 6.11. The van der Waals surface area contributed by atoms with E-state index in [1.54, 1.807) is 24.9 Å². The lowest BCUT2D eigenvalue weighted by Gasteiger charge is -2.27. The lowest BCUT2D eigenvalue weighted by atomic mass is 9.92. The first-order chi connectivity index (χ1) is 9.85. The molecule has 0 radical (unpaired) electrons. The van der Waals surface area contributed by atoms with Gasteiger partial charge in [-0.15, -0.1) is 0 Å². The molecule has 4 nitrogen and oxygen atoms in total. The Kier molecular flexibility index (Phi) is 4.59. The lowest BCUT2D eigenvalue weighted by Crippen LogP contribution is -2.29. The van der Waals surface area contributed by atoms with Crippen LogP contribution >= 0.6 is 11.6 Å². The molecule has 2 rings (SSSR count). The van der Waals surface area contributed by atoms with E-state index in [4.69, 9.17) is 16.3 Å². The molecule has 1 aromatic heterocycles. The van der Waals surface area contributed by atoms with Gasteiger partial charge in [0.15, 0.2) is 5.75 Å². The van der Waals surface area contributed by atoms with Gasteiger partial charge in [0.1, 0.15) is 11.3 Å². The monoisotopic (exact) mass is 308 g/mol. The number of hydrogen-bond acceptors (Lipinski definition) is 3. The van der Waals surface area contributed by atoms with Crippen LogP contribution in [-0.2, 0) is 12.0 Å². The van der Waals surface area contributed by atoms with Gasteiger partial charge in [-0.25, -0.2) is 0 Å². The molecule has 0 bridgehead atoms. The molecule has 21 heavy (non-hydrogen) atoms. The molecular formula is C16H21ClN2O2. The van der Waals surface area contributed by atoms with Gasteiger partial charge in [-0.1, -0.05) is 23.7 Å². The molecule has 1 unspecified atom stereocenters. The van der Waals surface area contributed by atoms with Gasteiger partial charge in [0.2, 0.25) is 0 Å². The third-order valence-corrected chi connectivity index (χ3v) is 3.69. The summed E-state index contributed by atoms with van der Waals surface area (Å²) in [6.07, 6.45) is 2.10. The molecule has 1 heterocycles. The fraction of sp³-hybridized carbons (Fsp3) is 0.438. The van der Waals surface area contributed by atoms with Gasteiger partial charge in [0.25, 0.3) is 0 Å². The first kappa shape index (κ1) is 15.9. The van der Waals surface area contributed by atoms with E-state index in [1.807, 2.05) is 38.1 Å². The molecule has 0 fully saturated rings. The Balaban J connectivity index is 2.38. The van der Waals surface area contributed by atoms with Gasteiger partial charge >= 0.3 is 0 Å². The topological polar surface area (TPSA) is 47.3 Å². The minimum Gasteiger partial charge on any atom is -0.493 e. The predicted octanol–water partition coefficient (Wildman–Crippen LogP) is 3.58. The molecular weight excluding hydrogens is 288 g/mol. The van der Waals surface area contributed by atoms with Crippen LogP contribution in [0.3, 0.4) is 0 Å². The summed E-state index contributed by atoms with van der Waals surface area (Å²) in [5, 5.41) is 16.0. The lowest BCUT2D eigenvalue weighted by molar-refractivity contribution is 0.0439. The van der Waals surface area contributed by atoms with Crippen LogP contribution < -0.4 is 4.74 Å². The van der Waals surface area contributed by atoms with Crippen LogP contribution in [0.5, 0.6) is 5.75 Å². The number of ether oxygens (including phenoxy) is 1. The van der Waals surface area contributed by atoms with Crippen molar-refractivity contribution in [3.8, 4) is 5.75 Å². The van der Waals surface area contributed by atoms with Gasteiger partial charge in [0.05, 0.1) is 13.3 Å². The maximum absolute atomic E-state index is 11.0. The molecule has 0 saturated heterocycles. The molecule has 1 N–H and O–H groups in total. The highest BCUT2D eigenvalue weighted by atomic mass is 35.5. The fourth-order valence-electron chi connectivity index (χ4n) is 2.48. The van der Waals surface area contributed by atoms with E-state index in [2.05, 4.69) is 5.10 Å². The quantitative estimate of drug-likeness (QED) is 0.918. The minimum absolute atomic E-state index is 0.139. The van der Waals surface area contributed by atoms with Crippen LogP contribution in [-0.4, -0.2) is 22.0 Å². The Morgan fingerprint density at radius 3 is 2.48 bits per heavy atom. The van der Waals surface area contributed by atoms with Crippen LogP contribution in [0.25, 0.3) is 0 Å². The smallest absolute Gasteiger partial charge is 0.162 e. The number of nitrogens with zero attached hydrogens (tertiary/aromatic N) is 2. The first-order valence-electron chi connectivity index (χ1n) is 6.94. The van der Waals surface area contributed by atoms with E-state index in [1.165, 1.54) is 0 Å². The standard InChI is InChI=1S/C16H21ClN2O2/c1-11(2)19-15(14(21-4)10-18-19)16(3,20)9-12-5-7-13(17)8-6-12/h5-8,10-11,20H,9H2,1-4H3. The van der Waals surface area contributed by atoms with Crippen LogP contribution in [0.4, 0.5) is 0 Å². The third kappa shape index (κ3) is 3.39. The zero-order chi connectivity index (χ0) is 15.6. The molecule has 5 heteroatoms. The number of hydrogen-bond donors (Lipinski definition) is 1. The number of aliphatic hydroxyl groups is 1. The first-order valence-corrected chi connectivity index (χ1v) is 7.31. The highest BCUT2D eigenvalue weighted by molar-refractivity contribution is 6.30. The Morgan fingerprint density at radius 2 is 1.95 bits per heavy atom. The zero-order valence-electron chi connectivity index (χ0n) is 12.8. The van der Waals surface area contributed by atoms with Crippen molar-refractivity contribution in [3.63, 3.8) is 0 Å². The van der Waals surface area contributed by atoms with Gasteiger partial charge in [-0.2, -0.15) is 5.10 Å². The van der Waals surface area contributed by atoms with E-state index < -0.39 is 5.60 Å². The second-order valence-electron chi connectivity index (χ2n) is 5.68. The van der Waals surface area contributed by atoms with Crippen LogP contribution in [0.15, 0.2) is 30.5 Å². The molecule has 0 aliphatic rings.